The van der Waals surface area contributed by atoms with Crippen LogP contribution in [-0.4, -0.2) is 14.7 Å². The van der Waals surface area contributed by atoms with Crippen molar-refractivity contribution in [2.75, 3.05) is 6.61 Å². The van der Waals surface area contributed by atoms with Crippen LogP contribution in [0.3, 0.4) is 0 Å². The van der Waals surface area contributed by atoms with Crippen LogP contribution >= 0.6 is 0 Å². The standard InChI is InChI=1S/C9H21OSi/c1-5-10-9-11(6-2,7-3)8-4/h9H,5-8H2,1-4H3. The molecule has 0 aromatic rings. The van der Waals surface area contributed by atoms with Crippen LogP contribution in [0.5, 0.6) is 0 Å². The van der Waals surface area contributed by atoms with E-state index in [1.807, 2.05) is 0 Å². The Morgan fingerprint density at radius 3 is 1.73 bits per heavy atom. The van der Waals surface area contributed by atoms with Crippen molar-refractivity contribution in [3.8, 4) is 0 Å². The molecule has 0 aliphatic carbocycles. The minimum absolute atomic E-state index is 0.828. The molecule has 67 valence electrons. The van der Waals surface area contributed by atoms with Crippen molar-refractivity contribution in [2.24, 2.45) is 0 Å². The molecular weight excluding hydrogens is 152 g/mol. The first-order valence-electron chi connectivity index (χ1n) is 4.70. The maximum Gasteiger partial charge on any atom is 0.0898 e. The Bertz CT molecular complexity index is 81.3. The third-order valence-corrected chi connectivity index (χ3v) is 7.50. The lowest BCUT2D eigenvalue weighted by Crippen LogP contribution is -2.33. The van der Waals surface area contributed by atoms with Crippen LogP contribution in [0, 0.1) is 6.23 Å². The lowest BCUT2D eigenvalue weighted by atomic mass is 10.9. The molecule has 0 N–H and O–H groups in total. The van der Waals surface area contributed by atoms with E-state index in [0.717, 1.165) is 6.61 Å². The average molecular weight is 173 g/mol. The summed E-state index contributed by atoms with van der Waals surface area (Å²) < 4.78 is 5.41. The van der Waals surface area contributed by atoms with Gasteiger partial charge in [-0.3, -0.25) is 0 Å². The van der Waals surface area contributed by atoms with Gasteiger partial charge in [-0.1, -0.05) is 38.9 Å². The van der Waals surface area contributed by atoms with Gasteiger partial charge in [0.15, 0.2) is 0 Å². The van der Waals surface area contributed by atoms with Crippen molar-refractivity contribution in [3.63, 3.8) is 0 Å². The molecule has 0 unspecified atom stereocenters. The van der Waals surface area contributed by atoms with Crippen molar-refractivity contribution in [1.82, 2.24) is 0 Å². The fraction of sp³-hybridized carbons (Fsp3) is 0.889. The molecule has 0 fully saturated rings. The second-order valence-corrected chi connectivity index (χ2v) is 8.08. The van der Waals surface area contributed by atoms with Crippen molar-refractivity contribution in [2.45, 2.75) is 45.8 Å². The van der Waals surface area contributed by atoms with E-state index in [9.17, 15) is 0 Å². The van der Waals surface area contributed by atoms with Gasteiger partial charge >= 0.3 is 0 Å². The van der Waals surface area contributed by atoms with Gasteiger partial charge in [-0.05, 0) is 6.92 Å². The molecule has 0 spiro atoms. The highest BCUT2D eigenvalue weighted by Gasteiger charge is 2.27. The quantitative estimate of drug-likeness (QED) is 0.560. The minimum Gasteiger partial charge on any atom is -0.380 e. The number of rotatable bonds is 6. The van der Waals surface area contributed by atoms with E-state index in [0.29, 0.717) is 0 Å². The van der Waals surface area contributed by atoms with Crippen LogP contribution in [0.4, 0.5) is 0 Å². The molecule has 11 heavy (non-hydrogen) atoms. The molecule has 0 bridgehead atoms. The third-order valence-electron chi connectivity index (χ3n) is 2.61. The highest BCUT2D eigenvalue weighted by molar-refractivity contribution is 6.82. The van der Waals surface area contributed by atoms with Gasteiger partial charge in [0.05, 0.1) is 14.3 Å². The summed E-state index contributed by atoms with van der Waals surface area (Å²) in [6.07, 6.45) is 2.17. The monoisotopic (exact) mass is 173 g/mol. The average Bonchev–Trinajstić information content (AvgIpc) is 2.08. The number of hydrogen-bond acceptors (Lipinski definition) is 1. The van der Waals surface area contributed by atoms with Crippen LogP contribution in [0.15, 0.2) is 0 Å². The summed E-state index contributed by atoms with van der Waals surface area (Å²) >= 11 is 0. The summed E-state index contributed by atoms with van der Waals surface area (Å²) in [6, 6.07) is 3.96. The zero-order valence-electron chi connectivity index (χ0n) is 8.31. The summed E-state index contributed by atoms with van der Waals surface area (Å²) in [5.74, 6) is 0. The zero-order chi connectivity index (χ0) is 8.74. The minimum atomic E-state index is -1.09. The van der Waals surface area contributed by atoms with Crippen LogP contribution in [-0.2, 0) is 4.74 Å². The van der Waals surface area contributed by atoms with Crippen molar-refractivity contribution in [1.29, 1.82) is 0 Å². The summed E-state index contributed by atoms with van der Waals surface area (Å²) in [5.41, 5.74) is 0. The Labute approximate surface area is 72.2 Å². The molecule has 1 radical (unpaired) electrons. The van der Waals surface area contributed by atoms with Gasteiger partial charge in [-0.15, -0.1) is 0 Å². The van der Waals surface area contributed by atoms with Crippen LogP contribution in [0.2, 0.25) is 18.1 Å². The molecule has 0 heterocycles. The highest BCUT2D eigenvalue weighted by atomic mass is 28.3. The predicted octanol–water partition coefficient (Wildman–Crippen LogP) is 3.23. The van der Waals surface area contributed by atoms with Gasteiger partial charge in [0.1, 0.15) is 0 Å². The van der Waals surface area contributed by atoms with Crippen molar-refractivity contribution < 1.29 is 4.74 Å². The van der Waals surface area contributed by atoms with Crippen LogP contribution in [0.1, 0.15) is 27.7 Å². The second-order valence-electron chi connectivity index (χ2n) is 3.00. The summed E-state index contributed by atoms with van der Waals surface area (Å²) in [5, 5.41) is 0. The Hall–Kier alpha value is 0.177. The molecule has 0 atom stereocenters. The summed E-state index contributed by atoms with van der Waals surface area (Å²) in [4.78, 5) is 0. The second kappa shape index (κ2) is 5.78. The van der Waals surface area contributed by atoms with Crippen LogP contribution < -0.4 is 0 Å². The predicted molar refractivity (Wildman–Crippen MR) is 53.1 cm³/mol. The molecule has 0 saturated heterocycles. The van der Waals surface area contributed by atoms with E-state index in [1.165, 1.54) is 18.1 Å². The van der Waals surface area contributed by atoms with Gasteiger partial charge in [-0.25, -0.2) is 0 Å². The van der Waals surface area contributed by atoms with Gasteiger partial charge < -0.3 is 4.74 Å². The van der Waals surface area contributed by atoms with E-state index in [2.05, 4.69) is 33.9 Å². The summed E-state index contributed by atoms with van der Waals surface area (Å²) in [7, 11) is -1.09. The fourth-order valence-corrected chi connectivity index (χ4v) is 3.78. The molecule has 0 aliphatic heterocycles. The Morgan fingerprint density at radius 1 is 1.00 bits per heavy atom. The molecule has 0 aromatic heterocycles. The zero-order valence-corrected chi connectivity index (χ0v) is 9.31. The van der Waals surface area contributed by atoms with Gasteiger partial charge in [-0.2, -0.15) is 0 Å². The van der Waals surface area contributed by atoms with Crippen molar-refractivity contribution >= 4 is 8.07 Å². The van der Waals surface area contributed by atoms with E-state index >= 15 is 0 Å². The number of ether oxygens (including phenoxy) is 1. The van der Waals surface area contributed by atoms with E-state index in [4.69, 9.17) is 4.74 Å². The highest BCUT2D eigenvalue weighted by Crippen LogP contribution is 2.23. The maximum atomic E-state index is 5.41. The van der Waals surface area contributed by atoms with E-state index in [1.54, 1.807) is 0 Å². The molecule has 0 rings (SSSR count). The molecule has 0 aromatic carbocycles. The van der Waals surface area contributed by atoms with E-state index < -0.39 is 8.07 Å². The smallest absolute Gasteiger partial charge is 0.0898 e. The largest absolute Gasteiger partial charge is 0.380 e. The molecule has 0 aliphatic rings. The Kier molecular flexibility index (Phi) is 5.87. The van der Waals surface area contributed by atoms with Gasteiger partial charge in [0, 0.05) is 6.61 Å². The number of hydrogen-bond donors (Lipinski definition) is 0. The molecular formula is C9H21OSi. The van der Waals surface area contributed by atoms with Gasteiger partial charge in [0.2, 0.25) is 0 Å². The molecule has 0 saturated carbocycles. The van der Waals surface area contributed by atoms with Crippen molar-refractivity contribution in [3.05, 3.63) is 6.23 Å². The first-order chi connectivity index (χ1) is 5.24. The molecule has 2 heteroatoms. The first-order valence-corrected chi connectivity index (χ1v) is 7.40. The molecule has 1 nitrogen and oxygen atoms in total. The lowest BCUT2D eigenvalue weighted by molar-refractivity contribution is 0.240. The summed E-state index contributed by atoms with van der Waals surface area (Å²) in [6.45, 7) is 9.74. The van der Waals surface area contributed by atoms with Crippen LogP contribution in [0.25, 0.3) is 0 Å². The SMILES string of the molecule is CCO[CH][Si](CC)(CC)CC. The lowest BCUT2D eigenvalue weighted by Gasteiger charge is -2.26. The third kappa shape index (κ3) is 3.39. The fourth-order valence-electron chi connectivity index (χ4n) is 1.26. The first kappa shape index (κ1) is 11.2. The molecule has 0 amide bonds. The van der Waals surface area contributed by atoms with E-state index in [-0.39, 0.29) is 0 Å². The topological polar surface area (TPSA) is 9.23 Å². The van der Waals surface area contributed by atoms with Gasteiger partial charge in [0.25, 0.3) is 0 Å². The Morgan fingerprint density at radius 2 is 1.45 bits per heavy atom. The Balaban J connectivity index is 3.84. The normalized spacial score (nSPS) is 12.0. The maximum absolute atomic E-state index is 5.41.